The summed E-state index contributed by atoms with van der Waals surface area (Å²) in [7, 11) is 0. The summed E-state index contributed by atoms with van der Waals surface area (Å²) in [4.78, 5) is 0. The van der Waals surface area contributed by atoms with Gasteiger partial charge in [0.15, 0.2) is 11.5 Å². The predicted molar refractivity (Wildman–Crippen MR) is 57.3 cm³/mol. The first-order chi connectivity index (χ1) is 7.38. The lowest BCUT2D eigenvalue weighted by molar-refractivity contribution is -0.509. The molecule has 3 fully saturated rings. The van der Waals surface area contributed by atoms with E-state index in [1.807, 2.05) is 0 Å². The average Bonchev–Trinajstić information content (AvgIpc) is 2.91. The van der Waals surface area contributed by atoms with E-state index in [0.29, 0.717) is 0 Å². The molecule has 3 heteroatoms. The van der Waals surface area contributed by atoms with Crippen LogP contribution in [0.4, 0.5) is 0 Å². The Bertz CT molecular complexity index is 259. The van der Waals surface area contributed by atoms with Crippen molar-refractivity contribution in [3.63, 3.8) is 0 Å². The fraction of sp³-hybridized carbons (Fsp3) is 0.917. The summed E-state index contributed by atoms with van der Waals surface area (Å²) >= 11 is 0. The minimum absolute atomic E-state index is 0.191. The molecule has 1 saturated carbocycles. The third-order valence-electron chi connectivity index (χ3n) is 3.96. The lowest BCUT2D eigenvalue weighted by atomic mass is 9.92. The highest BCUT2D eigenvalue weighted by atomic mass is 16.7. The third kappa shape index (κ3) is 1.83. The van der Waals surface area contributed by atoms with Crippen molar-refractivity contribution in [2.45, 2.75) is 44.3 Å². The van der Waals surface area contributed by atoms with Crippen molar-refractivity contribution < 1.29 is 14.0 Å². The zero-order valence-corrected chi connectivity index (χ0v) is 9.33. The predicted octanol–water partition coefficient (Wildman–Crippen LogP) is 1.55. The Balaban J connectivity index is 1.67. The Labute approximate surface area is 91.1 Å². The Kier molecular flexibility index (Phi) is 2.53. The van der Waals surface area contributed by atoms with Gasteiger partial charge in [-0.25, -0.2) is 4.58 Å². The summed E-state index contributed by atoms with van der Waals surface area (Å²) in [5.74, 6) is -0.191. The number of rotatable bonds is 0. The van der Waals surface area contributed by atoms with Crippen LogP contribution >= 0.6 is 0 Å². The molecule has 2 aliphatic heterocycles. The molecule has 1 spiro atoms. The summed E-state index contributed by atoms with van der Waals surface area (Å²) in [6.07, 6.45) is 7.25. The van der Waals surface area contributed by atoms with Gasteiger partial charge in [-0.1, -0.05) is 0 Å². The molecule has 0 aromatic carbocycles. The van der Waals surface area contributed by atoms with Crippen molar-refractivity contribution in [1.29, 1.82) is 0 Å². The van der Waals surface area contributed by atoms with Crippen LogP contribution in [0.15, 0.2) is 0 Å². The molecule has 0 amide bonds. The van der Waals surface area contributed by atoms with Crippen molar-refractivity contribution in [3.05, 3.63) is 0 Å². The van der Waals surface area contributed by atoms with Gasteiger partial charge in [0.2, 0.25) is 0 Å². The SMILES string of the molecule is C1CC[N+](=C2CCC3(CC2)OCCO3)C1. The minimum atomic E-state index is -0.191. The van der Waals surface area contributed by atoms with Crippen molar-refractivity contribution >= 4 is 5.71 Å². The van der Waals surface area contributed by atoms with E-state index >= 15 is 0 Å². The first-order valence-electron chi connectivity index (χ1n) is 6.26. The molecule has 3 aliphatic rings. The topological polar surface area (TPSA) is 21.5 Å². The fourth-order valence-corrected chi connectivity index (χ4v) is 3.05. The van der Waals surface area contributed by atoms with Crippen LogP contribution in [0.3, 0.4) is 0 Å². The van der Waals surface area contributed by atoms with Crippen LogP contribution < -0.4 is 0 Å². The van der Waals surface area contributed by atoms with Crippen LogP contribution in [0.5, 0.6) is 0 Å². The molecule has 0 radical (unpaired) electrons. The third-order valence-corrected chi connectivity index (χ3v) is 3.96. The van der Waals surface area contributed by atoms with E-state index in [1.54, 1.807) is 5.71 Å². The first-order valence-corrected chi connectivity index (χ1v) is 6.26. The minimum Gasteiger partial charge on any atom is -0.348 e. The second kappa shape index (κ2) is 3.87. The highest BCUT2D eigenvalue weighted by Crippen LogP contribution is 2.34. The molecule has 0 N–H and O–H groups in total. The maximum Gasteiger partial charge on any atom is 0.169 e. The summed E-state index contributed by atoms with van der Waals surface area (Å²) in [6, 6.07) is 0. The maximum absolute atomic E-state index is 5.74. The van der Waals surface area contributed by atoms with E-state index in [9.17, 15) is 0 Å². The van der Waals surface area contributed by atoms with Crippen LogP contribution in [-0.4, -0.2) is 42.4 Å². The van der Waals surface area contributed by atoms with Crippen LogP contribution in [0.1, 0.15) is 38.5 Å². The molecule has 3 nitrogen and oxygen atoms in total. The van der Waals surface area contributed by atoms with Gasteiger partial charge >= 0.3 is 0 Å². The molecule has 0 atom stereocenters. The molecular weight excluding hydrogens is 190 g/mol. The maximum atomic E-state index is 5.74. The van der Waals surface area contributed by atoms with Gasteiger partial charge in [0.05, 0.1) is 13.2 Å². The first kappa shape index (κ1) is 9.79. The number of hydrogen-bond acceptors (Lipinski definition) is 2. The summed E-state index contributed by atoms with van der Waals surface area (Å²) in [6.45, 7) is 4.15. The number of nitrogens with zero attached hydrogens (tertiary/aromatic N) is 1. The Morgan fingerprint density at radius 2 is 1.53 bits per heavy atom. The van der Waals surface area contributed by atoms with Gasteiger partial charge in [-0.05, 0) is 0 Å². The van der Waals surface area contributed by atoms with Crippen LogP contribution in [0.2, 0.25) is 0 Å². The molecule has 0 bridgehead atoms. The molecule has 0 unspecified atom stereocenters. The molecule has 2 heterocycles. The fourth-order valence-electron chi connectivity index (χ4n) is 3.05. The van der Waals surface area contributed by atoms with Gasteiger partial charge in [-0.3, -0.25) is 0 Å². The van der Waals surface area contributed by atoms with Gasteiger partial charge in [0, 0.05) is 38.5 Å². The number of hydrogen-bond donors (Lipinski definition) is 0. The highest BCUT2D eigenvalue weighted by molar-refractivity contribution is 5.80. The summed E-state index contributed by atoms with van der Waals surface area (Å²) < 4.78 is 14.1. The standard InChI is InChI=1S/C12H20NO2/c1-2-8-13(7-1)11-3-5-12(6-4-11)14-9-10-15-12/h1-10H2/q+1. The van der Waals surface area contributed by atoms with Crippen molar-refractivity contribution in [2.24, 2.45) is 0 Å². The molecule has 0 aromatic rings. The summed E-state index contributed by atoms with van der Waals surface area (Å²) in [5.41, 5.74) is 1.65. The zero-order valence-electron chi connectivity index (χ0n) is 9.33. The summed E-state index contributed by atoms with van der Waals surface area (Å²) in [5, 5.41) is 0. The van der Waals surface area contributed by atoms with Gasteiger partial charge in [0.1, 0.15) is 13.1 Å². The van der Waals surface area contributed by atoms with Crippen molar-refractivity contribution in [2.75, 3.05) is 26.3 Å². The molecule has 2 saturated heterocycles. The molecule has 15 heavy (non-hydrogen) atoms. The average molecular weight is 210 g/mol. The Hall–Kier alpha value is -0.410. The van der Waals surface area contributed by atoms with Crippen molar-refractivity contribution in [3.8, 4) is 0 Å². The smallest absolute Gasteiger partial charge is 0.169 e. The van der Waals surface area contributed by atoms with Gasteiger partial charge in [-0.2, -0.15) is 0 Å². The van der Waals surface area contributed by atoms with Crippen LogP contribution in [0, 0.1) is 0 Å². The lowest BCUT2D eigenvalue weighted by Crippen LogP contribution is -2.37. The van der Waals surface area contributed by atoms with E-state index in [4.69, 9.17) is 9.47 Å². The van der Waals surface area contributed by atoms with E-state index in [2.05, 4.69) is 4.58 Å². The molecule has 3 rings (SSSR count). The highest BCUT2D eigenvalue weighted by Gasteiger charge is 2.41. The molecular formula is C12H20NO2+. The lowest BCUT2D eigenvalue weighted by Gasteiger charge is -2.30. The second-order valence-corrected chi connectivity index (χ2v) is 4.87. The van der Waals surface area contributed by atoms with Gasteiger partial charge in [0.25, 0.3) is 0 Å². The normalized spacial score (nSPS) is 30.4. The zero-order chi connectivity index (χ0) is 10.1. The van der Waals surface area contributed by atoms with E-state index in [-0.39, 0.29) is 5.79 Å². The van der Waals surface area contributed by atoms with Crippen LogP contribution in [0.25, 0.3) is 0 Å². The van der Waals surface area contributed by atoms with E-state index in [1.165, 1.54) is 38.8 Å². The monoisotopic (exact) mass is 210 g/mol. The Morgan fingerprint density at radius 3 is 2.13 bits per heavy atom. The molecule has 0 aromatic heterocycles. The molecule has 1 aliphatic carbocycles. The van der Waals surface area contributed by atoms with Crippen LogP contribution in [-0.2, 0) is 9.47 Å². The largest absolute Gasteiger partial charge is 0.348 e. The Morgan fingerprint density at radius 1 is 0.933 bits per heavy atom. The van der Waals surface area contributed by atoms with E-state index in [0.717, 1.165) is 26.1 Å². The van der Waals surface area contributed by atoms with E-state index < -0.39 is 0 Å². The van der Waals surface area contributed by atoms with Crippen molar-refractivity contribution in [1.82, 2.24) is 0 Å². The molecule has 84 valence electrons. The quantitative estimate of drug-likeness (QED) is 0.566. The number of ether oxygens (including phenoxy) is 2. The van der Waals surface area contributed by atoms with Gasteiger partial charge < -0.3 is 9.47 Å². The van der Waals surface area contributed by atoms with Gasteiger partial charge in [-0.15, -0.1) is 0 Å². The second-order valence-electron chi connectivity index (χ2n) is 4.87.